The average Bonchev–Trinajstić information content (AvgIpc) is 2.30. The third-order valence-electron chi connectivity index (χ3n) is 1.79. The van der Waals surface area contributed by atoms with Gasteiger partial charge in [0.2, 0.25) is 0 Å². The lowest BCUT2D eigenvalue weighted by Gasteiger charge is -2.00. The summed E-state index contributed by atoms with van der Waals surface area (Å²) in [4.78, 5) is 11.3. The van der Waals surface area contributed by atoms with Gasteiger partial charge in [0.1, 0.15) is 0 Å². The predicted octanol–water partition coefficient (Wildman–Crippen LogP) is 1.89. The van der Waals surface area contributed by atoms with Crippen LogP contribution in [-0.2, 0) is 9.84 Å². The Morgan fingerprint density at radius 3 is 1.94 bits per heavy atom. The minimum Gasteiger partial charge on any atom is -0.295 e. The molecule has 0 spiro atoms. The van der Waals surface area contributed by atoms with Gasteiger partial charge in [-0.05, 0) is 18.5 Å². The van der Waals surface area contributed by atoms with Crippen molar-refractivity contribution in [2.45, 2.75) is 25.1 Å². The molecule has 0 unspecified atom stereocenters. The van der Waals surface area contributed by atoms with Gasteiger partial charge >= 0.3 is 0 Å². The summed E-state index contributed by atoms with van der Waals surface area (Å²) < 4.78 is 22.1. The van der Waals surface area contributed by atoms with Gasteiger partial charge in [0.25, 0.3) is 0 Å². The summed E-state index contributed by atoms with van der Waals surface area (Å²) in [5.74, 6) is -0.204. The lowest BCUT2D eigenvalue weighted by atomic mass is 9.96. The number of carbonyl (C=O) groups excluding carboxylic acids is 1. The summed E-state index contributed by atoms with van der Waals surface area (Å²) in [6.07, 6.45) is 1.05. The van der Waals surface area contributed by atoms with Gasteiger partial charge in [-0.2, -0.15) is 0 Å². The Morgan fingerprint density at radius 2 is 1.62 bits per heavy atom. The first-order valence-corrected chi connectivity index (χ1v) is 6.87. The van der Waals surface area contributed by atoms with Crippen LogP contribution in [0.25, 0.3) is 0 Å². The molecule has 0 amide bonds. The van der Waals surface area contributed by atoms with Gasteiger partial charge in [0.05, 0.1) is 12.7 Å². The van der Waals surface area contributed by atoms with Gasteiger partial charge in [-0.3, -0.25) is 4.79 Å². The van der Waals surface area contributed by atoms with E-state index in [0.29, 0.717) is 5.56 Å². The van der Waals surface area contributed by atoms with Crippen molar-refractivity contribution in [3.05, 3.63) is 29.8 Å². The molecule has 16 heavy (non-hydrogen) atoms. The van der Waals surface area contributed by atoms with Crippen LogP contribution in [0.4, 0.5) is 0 Å². The summed E-state index contributed by atoms with van der Waals surface area (Å²) in [6.45, 7) is 4.00. The van der Waals surface area contributed by atoms with E-state index in [4.69, 9.17) is 7.85 Å². The number of hydrogen-bond donors (Lipinski definition) is 0. The highest BCUT2D eigenvalue weighted by Gasteiger charge is 2.08. The molecule has 0 aliphatic heterocycles. The van der Waals surface area contributed by atoms with Crippen molar-refractivity contribution in [1.82, 2.24) is 0 Å². The lowest BCUT2D eigenvalue weighted by molar-refractivity contribution is 0.101. The first-order valence-electron chi connectivity index (χ1n) is 4.98. The number of rotatable bonds is 3. The molecule has 2 radical (unpaired) electrons. The van der Waals surface area contributed by atoms with Crippen molar-refractivity contribution >= 4 is 23.5 Å². The molecule has 0 N–H and O–H groups in total. The topological polar surface area (TPSA) is 51.2 Å². The molecule has 0 aliphatic rings. The van der Waals surface area contributed by atoms with E-state index in [0.717, 1.165) is 6.26 Å². The summed E-state index contributed by atoms with van der Waals surface area (Å²) >= 11 is 0. The molecule has 0 aromatic heterocycles. The summed E-state index contributed by atoms with van der Waals surface area (Å²) in [7, 11) is 1.97. The Morgan fingerprint density at radius 1 is 1.19 bits per heavy atom. The van der Waals surface area contributed by atoms with Crippen LogP contribution in [0.2, 0.25) is 6.32 Å². The average molecular weight is 238 g/mol. The van der Waals surface area contributed by atoms with Gasteiger partial charge in [0.15, 0.2) is 15.6 Å². The second kappa shape index (κ2) is 6.48. The van der Waals surface area contributed by atoms with Crippen molar-refractivity contribution in [2.24, 2.45) is 0 Å². The maximum absolute atomic E-state index is 11.1. The quantitative estimate of drug-likeness (QED) is 0.596. The molecule has 5 heteroatoms. The highest BCUT2D eigenvalue weighted by molar-refractivity contribution is 7.90. The lowest BCUT2D eigenvalue weighted by Crippen LogP contribution is -2.00. The molecule has 0 fully saturated rings. The van der Waals surface area contributed by atoms with Crippen molar-refractivity contribution < 1.29 is 13.2 Å². The number of hydrogen-bond acceptors (Lipinski definition) is 3. The zero-order valence-electron chi connectivity index (χ0n) is 9.73. The predicted molar refractivity (Wildman–Crippen MR) is 65.8 cm³/mol. The summed E-state index contributed by atoms with van der Waals surface area (Å²) in [5.41, 5.74) is 0.430. The van der Waals surface area contributed by atoms with Crippen LogP contribution in [0.5, 0.6) is 0 Å². The number of sulfone groups is 1. The zero-order valence-corrected chi connectivity index (χ0v) is 10.5. The maximum atomic E-state index is 11.1. The van der Waals surface area contributed by atoms with Crippen molar-refractivity contribution in [3.63, 3.8) is 0 Å². The van der Waals surface area contributed by atoms with Gasteiger partial charge in [-0.1, -0.05) is 26.0 Å². The van der Waals surface area contributed by atoms with Crippen LogP contribution in [0, 0.1) is 0 Å². The smallest absolute Gasteiger partial charge is 0.175 e. The zero-order chi connectivity index (χ0) is 12.8. The fourth-order valence-corrected chi connectivity index (χ4v) is 1.64. The van der Waals surface area contributed by atoms with E-state index in [1.165, 1.54) is 24.3 Å². The summed E-state index contributed by atoms with van der Waals surface area (Å²) in [5, 5.41) is 0. The highest BCUT2D eigenvalue weighted by atomic mass is 32.2. The molecule has 1 rings (SSSR count). The Bertz CT molecular complexity index is 435. The van der Waals surface area contributed by atoms with Gasteiger partial charge in [-0.15, -0.1) is 0 Å². The van der Waals surface area contributed by atoms with Crippen molar-refractivity contribution in [2.75, 3.05) is 6.26 Å². The van der Waals surface area contributed by atoms with Crippen LogP contribution in [0.3, 0.4) is 0 Å². The molecule has 0 atom stereocenters. The van der Waals surface area contributed by atoms with Gasteiger partial charge < -0.3 is 0 Å². The van der Waals surface area contributed by atoms with Crippen molar-refractivity contribution in [3.8, 4) is 0 Å². The van der Waals surface area contributed by atoms with E-state index < -0.39 is 9.84 Å². The maximum Gasteiger partial charge on any atom is 0.175 e. The Hall–Kier alpha value is -1.10. The molecule has 0 heterocycles. The van der Waals surface area contributed by atoms with Crippen LogP contribution in [0.1, 0.15) is 24.2 Å². The second-order valence-electron chi connectivity index (χ2n) is 2.92. The fraction of sp³-hybridized carbons (Fsp3) is 0.364. The monoisotopic (exact) mass is 238 g/mol. The Kier molecular flexibility index (Phi) is 6.04. The van der Waals surface area contributed by atoms with Gasteiger partial charge in [0, 0.05) is 11.8 Å². The third-order valence-corrected chi connectivity index (χ3v) is 2.92. The van der Waals surface area contributed by atoms with E-state index in [-0.39, 0.29) is 17.0 Å². The van der Waals surface area contributed by atoms with Gasteiger partial charge in [-0.25, -0.2) is 8.42 Å². The molecule has 3 nitrogen and oxygen atoms in total. The minimum atomic E-state index is -3.19. The minimum absolute atomic E-state index is 0.0712. The van der Waals surface area contributed by atoms with E-state index in [2.05, 4.69) is 0 Å². The van der Waals surface area contributed by atoms with Crippen LogP contribution in [0.15, 0.2) is 29.2 Å². The normalized spacial score (nSPS) is 10.2. The number of carbonyl (C=O) groups is 1. The number of benzene rings is 1. The largest absolute Gasteiger partial charge is 0.295 e. The molecule has 0 bridgehead atoms. The first kappa shape index (κ1) is 14.9. The molecule has 86 valence electrons. The van der Waals surface area contributed by atoms with E-state index in [9.17, 15) is 13.2 Å². The van der Waals surface area contributed by atoms with E-state index in [1.807, 2.05) is 13.8 Å². The van der Waals surface area contributed by atoms with Crippen molar-refractivity contribution in [1.29, 1.82) is 0 Å². The van der Waals surface area contributed by atoms with Crippen LogP contribution < -0.4 is 0 Å². The third kappa shape index (κ3) is 4.19. The van der Waals surface area contributed by atoms with Crippen LogP contribution >= 0.6 is 0 Å². The molecular formula is C11H15BO3S. The first-order chi connectivity index (χ1) is 7.45. The Labute approximate surface area is 98.2 Å². The Balaban J connectivity index is 0.00000106. The molecule has 0 saturated heterocycles. The fourth-order valence-electron chi connectivity index (χ4n) is 1.01. The second-order valence-corrected chi connectivity index (χ2v) is 4.94. The highest BCUT2D eigenvalue weighted by Crippen LogP contribution is 2.11. The van der Waals surface area contributed by atoms with E-state index in [1.54, 1.807) is 0 Å². The molecule has 0 saturated carbocycles. The SMILES string of the molecule is CC.[B]CC(=O)c1ccc(S(C)(=O)=O)cc1. The standard InChI is InChI=1S/C9H9BO3S.C2H6/c1-14(12,13)8-4-2-7(3-5-8)9(11)6-10;1-2/h2-5H,6H2,1H3;1-2H3. The van der Waals surface area contributed by atoms with Crippen LogP contribution in [-0.4, -0.2) is 28.3 Å². The molecular weight excluding hydrogens is 223 g/mol. The molecule has 1 aromatic rings. The summed E-state index contributed by atoms with van der Waals surface area (Å²) in [6, 6.07) is 5.73. The number of Topliss-reactive ketones (excluding diaryl/α,β-unsaturated/α-hetero) is 1. The number of ketones is 1. The molecule has 0 aliphatic carbocycles. The van der Waals surface area contributed by atoms with E-state index >= 15 is 0 Å². The molecule has 1 aromatic carbocycles.